The predicted molar refractivity (Wildman–Crippen MR) is 66.2 cm³/mol. The Labute approximate surface area is 127 Å². The Hall–Kier alpha value is -0.0700. The average molecular weight is 267 g/mol. The first kappa shape index (κ1) is 16.9. The van der Waals surface area contributed by atoms with Crippen molar-refractivity contribution in [1.82, 2.24) is 0 Å². The quantitative estimate of drug-likeness (QED) is 0.563. The van der Waals surface area contributed by atoms with Crippen molar-refractivity contribution in [3.63, 3.8) is 0 Å². The summed E-state index contributed by atoms with van der Waals surface area (Å²) in [4.78, 5) is 1.68. The standard InChI is InChI=1S/C11H17NO3S.Na.H/c1-3-11(16(13,14)15)12(4-2)10-8-6-5-7-9-10;;/h5-9,11H,3-4H2,1-2H3,(H,13,14,15);;/q;+1;-1. The molecule has 0 radical (unpaired) electrons. The molecule has 0 spiro atoms. The molecular weight excluding hydrogens is 249 g/mol. The van der Waals surface area contributed by atoms with Gasteiger partial charge in [-0.05, 0) is 25.5 Å². The fourth-order valence-electron chi connectivity index (χ4n) is 1.76. The van der Waals surface area contributed by atoms with E-state index >= 15 is 0 Å². The van der Waals surface area contributed by atoms with Crippen molar-refractivity contribution in [1.29, 1.82) is 0 Å². The summed E-state index contributed by atoms with van der Waals surface area (Å²) in [6, 6.07) is 9.21. The van der Waals surface area contributed by atoms with Crippen molar-refractivity contribution in [2.24, 2.45) is 0 Å². The van der Waals surface area contributed by atoms with Crippen LogP contribution in [0, 0.1) is 0 Å². The van der Waals surface area contributed by atoms with Crippen LogP contribution in [-0.4, -0.2) is 24.9 Å². The van der Waals surface area contributed by atoms with Gasteiger partial charge in [0.1, 0.15) is 0 Å². The zero-order valence-corrected chi connectivity index (χ0v) is 13.3. The molecule has 92 valence electrons. The monoisotopic (exact) mass is 267 g/mol. The summed E-state index contributed by atoms with van der Waals surface area (Å²) in [7, 11) is -4.05. The van der Waals surface area contributed by atoms with Crippen LogP contribution in [0.1, 0.15) is 21.7 Å². The van der Waals surface area contributed by atoms with Crippen LogP contribution in [0.25, 0.3) is 0 Å². The molecule has 1 aromatic rings. The largest absolute Gasteiger partial charge is 1.00 e. The predicted octanol–water partition coefficient (Wildman–Crippen LogP) is -0.747. The number of hydrogen-bond donors (Lipinski definition) is 1. The molecule has 0 aliphatic rings. The van der Waals surface area contributed by atoms with Crippen molar-refractivity contribution in [3.05, 3.63) is 30.3 Å². The van der Waals surface area contributed by atoms with Gasteiger partial charge in [0.25, 0.3) is 10.1 Å². The van der Waals surface area contributed by atoms with Crippen LogP contribution < -0.4 is 34.5 Å². The maximum Gasteiger partial charge on any atom is 1.00 e. The number of rotatable bonds is 5. The van der Waals surface area contributed by atoms with E-state index in [4.69, 9.17) is 0 Å². The van der Waals surface area contributed by atoms with Crippen LogP contribution in [-0.2, 0) is 10.1 Å². The van der Waals surface area contributed by atoms with Gasteiger partial charge in [-0.2, -0.15) is 8.42 Å². The van der Waals surface area contributed by atoms with E-state index < -0.39 is 15.5 Å². The zero-order valence-electron chi connectivity index (χ0n) is 11.5. The molecule has 0 amide bonds. The van der Waals surface area contributed by atoms with Gasteiger partial charge in [0.15, 0.2) is 5.37 Å². The van der Waals surface area contributed by atoms with Gasteiger partial charge in [-0.15, -0.1) is 0 Å². The third kappa shape index (κ3) is 4.60. The first-order valence-electron chi connectivity index (χ1n) is 5.28. The Morgan fingerprint density at radius 2 is 1.82 bits per heavy atom. The third-order valence-corrected chi connectivity index (χ3v) is 3.74. The average Bonchev–Trinajstić information content (AvgIpc) is 2.25. The summed E-state index contributed by atoms with van der Waals surface area (Å²) >= 11 is 0. The molecule has 1 aromatic carbocycles. The van der Waals surface area contributed by atoms with E-state index in [1.807, 2.05) is 37.3 Å². The molecule has 6 heteroatoms. The molecule has 0 aromatic heterocycles. The van der Waals surface area contributed by atoms with Gasteiger partial charge >= 0.3 is 29.6 Å². The number of nitrogens with zero attached hydrogens (tertiary/aromatic N) is 1. The molecule has 0 bridgehead atoms. The molecule has 4 nitrogen and oxygen atoms in total. The number of para-hydroxylation sites is 1. The molecule has 0 saturated heterocycles. The van der Waals surface area contributed by atoms with Crippen LogP contribution in [0.2, 0.25) is 0 Å². The summed E-state index contributed by atoms with van der Waals surface area (Å²) in [6.45, 7) is 4.13. The van der Waals surface area contributed by atoms with Gasteiger partial charge in [0.05, 0.1) is 0 Å². The van der Waals surface area contributed by atoms with Gasteiger partial charge in [-0.1, -0.05) is 25.1 Å². The maximum absolute atomic E-state index is 11.3. The minimum Gasteiger partial charge on any atom is -1.00 e. The van der Waals surface area contributed by atoms with E-state index in [1.54, 1.807) is 11.8 Å². The molecule has 1 unspecified atom stereocenters. The van der Waals surface area contributed by atoms with Gasteiger partial charge in [0.2, 0.25) is 0 Å². The summed E-state index contributed by atoms with van der Waals surface area (Å²) in [5.74, 6) is 0. The summed E-state index contributed by atoms with van der Waals surface area (Å²) in [6.07, 6.45) is 0.349. The van der Waals surface area contributed by atoms with E-state index in [0.29, 0.717) is 13.0 Å². The van der Waals surface area contributed by atoms with Gasteiger partial charge in [0, 0.05) is 12.2 Å². The molecular formula is C11H18NNaO3S. The van der Waals surface area contributed by atoms with Crippen LogP contribution in [0.3, 0.4) is 0 Å². The molecule has 1 N–H and O–H groups in total. The van der Waals surface area contributed by atoms with Gasteiger partial charge in [-0.3, -0.25) is 4.55 Å². The molecule has 0 aliphatic heterocycles. The summed E-state index contributed by atoms with van der Waals surface area (Å²) in [5.41, 5.74) is 0.800. The van der Waals surface area contributed by atoms with Crippen molar-refractivity contribution in [2.75, 3.05) is 11.4 Å². The Kier molecular flexibility index (Phi) is 7.35. The van der Waals surface area contributed by atoms with Gasteiger partial charge < -0.3 is 6.33 Å². The SMILES string of the molecule is CCC(N(CC)c1ccccc1)S(=O)(=O)O.[H-].[Na+]. The summed E-state index contributed by atoms with van der Waals surface area (Å²) < 4.78 is 31.7. The van der Waals surface area contributed by atoms with E-state index in [-0.39, 0.29) is 31.0 Å². The molecule has 0 fully saturated rings. The molecule has 0 heterocycles. The Balaban J connectivity index is 0. The van der Waals surface area contributed by atoms with E-state index in [9.17, 15) is 13.0 Å². The minimum absolute atomic E-state index is 0. The van der Waals surface area contributed by atoms with Crippen LogP contribution >= 0.6 is 0 Å². The second-order valence-corrected chi connectivity index (χ2v) is 5.07. The van der Waals surface area contributed by atoms with Crippen molar-refractivity contribution in [2.45, 2.75) is 25.6 Å². The third-order valence-electron chi connectivity index (χ3n) is 2.47. The topological polar surface area (TPSA) is 57.6 Å². The number of hydrogen-bond acceptors (Lipinski definition) is 3. The van der Waals surface area contributed by atoms with E-state index in [0.717, 1.165) is 5.69 Å². The first-order valence-corrected chi connectivity index (χ1v) is 6.79. The molecule has 1 atom stereocenters. The second kappa shape index (κ2) is 7.38. The van der Waals surface area contributed by atoms with Crippen LogP contribution in [0.4, 0.5) is 5.69 Å². The Morgan fingerprint density at radius 3 is 2.18 bits per heavy atom. The summed E-state index contributed by atoms with van der Waals surface area (Å²) in [5, 5.41) is -0.875. The fourth-order valence-corrected chi connectivity index (χ4v) is 2.78. The normalized spacial score (nSPS) is 12.6. The van der Waals surface area contributed by atoms with Crippen molar-refractivity contribution < 1.29 is 44.0 Å². The molecule has 1 rings (SSSR count). The molecule has 0 saturated carbocycles. The van der Waals surface area contributed by atoms with Crippen molar-refractivity contribution in [3.8, 4) is 0 Å². The Morgan fingerprint density at radius 1 is 1.29 bits per heavy atom. The smallest absolute Gasteiger partial charge is 1.00 e. The molecule has 17 heavy (non-hydrogen) atoms. The fraction of sp³-hybridized carbons (Fsp3) is 0.455. The van der Waals surface area contributed by atoms with Crippen molar-refractivity contribution >= 4 is 15.8 Å². The van der Waals surface area contributed by atoms with Crippen LogP contribution in [0.15, 0.2) is 30.3 Å². The second-order valence-electron chi connectivity index (χ2n) is 3.50. The maximum atomic E-state index is 11.3. The first-order chi connectivity index (χ1) is 7.50. The molecule has 0 aliphatic carbocycles. The zero-order chi connectivity index (χ0) is 12.2. The van der Waals surface area contributed by atoms with E-state index in [2.05, 4.69) is 0 Å². The van der Waals surface area contributed by atoms with Crippen LogP contribution in [0.5, 0.6) is 0 Å². The Bertz CT molecular complexity index is 427. The number of anilines is 1. The number of benzene rings is 1. The van der Waals surface area contributed by atoms with Gasteiger partial charge in [-0.25, -0.2) is 0 Å². The minimum atomic E-state index is -4.05. The van der Waals surface area contributed by atoms with E-state index in [1.165, 1.54) is 0 Å².